The van der Waals surface area contributed by atoms with Gasteiger partial charge in [0.05, 0.1) is 20.1 Å². The van der Waals surface area contributed by atoms with Crippen molar-refractivity contribution in [2.45, 2.75) is 59.8 Å². The van der Waals surface area contributed by atoms with E-state index < -0.39 is 61.5 Å². The predicted octanol–water partition coefficient (Wildman–Crippen LogP) is 3.33. The summed E-state index contributed by atoms with van der Waals surface area (Å²) < 4.78 is 43.4. The molecule has 1 saturated heterocycles. The SMILES string of the molecule is COC(=O)CCNC(=O)[C@@H]1OP(=O)(OCOC(=O)N[C@@H](CSC(=O)C(C)(C)C)C(=O)OCc2ccccc2)OCC1(C)C. The largest absolute Gasteiger partial charge is 0.478 e. The van der Waals surface area contributed by atoms with Gasteiger partial charge in [-0.1, -0.05) is 76.7 Å². The number of rotatable bonds is 13. The Kier molecular flexibility index (Phi) is 13.6. The molecule has 0 aliphatic carbocycles. The van der Waals surface area contributed by atoms with E-state index >= 15 is 0 Å². The number of thioether (sulfide) groups is 1. The lowest BCUT2D eigenvalue weighted by molar-refractivity contribution is -0.146. The number of hydrogen-bond donors (Lipinski definition) is 2. The Morgan fingerprint density at radius 1 is 1.12 bits per heavy atom. The normalized spacial score (nSPS) is 20.3. The van der Waals surface area contributed by atoms with E-state index in [-0.39, 0.29) is 37.0 Å². The molecule has 0 saturated carbocycles. The Balaban J connectivity index is 1.95. The van der Waals surface area contributed by atoms with Gasteiger partial charge in [-0.15, -0.1) is 0 Å². The summed E-state index contributed by atoms with van der Waals surface area (Å²) in [6, 6.07) is 7.62. The molecule has 0 bridgehead atoms. The molecule has 0 spiro atoms. The first-order valence-corrected chi connectivity index (χ1v) is 15.7. The van der Waals surface area contributed by atoms with E-state index in [4.69, 9.17) is 23.0 Å². The molecule has 1 aromatic rings. The van der Waals surface area contributed by atoms with Crippen LogP contribution in [0.15, 0.2) is 30.3 Å². The third kappa shape index (κ3) is 12.3. The molecule has 3 atom stereocenters. The highest BCUT2D eigenvalue weighted by atomic mass is 32.2. The fourth-order valence-electron chi connectivity index (χ4n) is 3.28. The van der Waals surface area contributed by atoms with Gasteiger partial charge in [0, 0.05) is 23.1 Å². The molecule has 240 valence electrons. The lowest BCUT2D eigenvalue weighted by Crippen LogP contribution is -2.50. The lowest BCUT2D eigenvalue weighted by atomic mass is 9.87. The molecule has 1 heterocycles. The topological polar surface area (TPSA) is 182 Å². The first-order valence-electron chi connectivity index (χ1n) is 13.3. The third-order valence-electron chi connectivity index (χ3n) is 5.83. The number of benzene rings is 1. The van der Waals surface area contributed by atoms with Gasteiger partial charge in [-0.25, -0.2) is 18.7 Å². The summed E-state index contributed by atoms with van der Waals surface area (Å²) in [5.74, 6) is -2.11. The summed E-state index contributed by atoms with van der Waals surface area (Å²) in [6.45, 7) is 7.25. The maximum absolute atomic E-state index is 13.0. The van der Waals surface area contributed by atoms with Crippen molar-refractivity contribution >= 4 is 48.6 Å². The highest BCUT2D eigenvalue weighted by molar-refractivity contribution is 8.13. The molecule has 0 radical (unpaired) electrons. The van der Waals surface area contributed by atoms with Crippen molar-refractivity contribution in [3.05, 3.63) is 35.9 Å². The second-order valence-corrected chi connectivity index (χ2v) is 13.7. The highest BCUT2D eigenvalue weighted by Gasteiger charge is 2.49. The van der Waals surface area contributed by atoms with Crippen LogP contribution in [0.25, 0.3) is 0 Å². The summed E-state index contributed by atoms with van der Waals surface area (Å²) in [6.07, 6.45) is -2.49. The molecule has 2 N–H and O–H groups in total. The first kappa shape index (κ1) is 36.2. The second kappa shape index (κ2) is 16.2. The van der Waals surface area contributed by atoms with Crippen molar-refractivity contribution in [2.24, 2.45) is 10.8 Å². The monoisotopic (exact) mass is 646 g/mol. The van der Waals surface area contributed by atoms with Gasteiger partial charge in [-0.2, -0.15) is 0 Å². The van der Waals surface area contributed by atoms with Crippen LogP contribution in [0, 0.1) is 10.8 Å². The van der Waals surface area contributed by atoms with Gasteiger partial charge in [0.15, 0.2) is 11.2 Å². The number of alkyl carbamates (subject to hydrolysis) is 1. The van der Waals surface area contributed by atoms with E-state index in [1.165, 1.54) is 7.11 Å². The van der Waals surface area contributed by atoms with E-state index in [1.54, 1.807) is 58.9 Å². The summed E-state index contributed by atoms with van der Waals surface area (Å²) in [4.78, 5) is 61.7. The minimum atomic E-state index is -4.36. The van der Waals surface area contributed by atoms with Gasteiger partial charge in [0.1, 0.15) is 12.6 Å². The molecule has 0 aromatic heterocycles. The van der Waals surface area contributed by atoms with Crippen LogP contribution in [0.1, 0.15) is 46.6 Å². The molecule has 43 heavy (non-hydrogen) atoms. The Morgan fingerprint density at radius 2 is 1.79 bits per heavy atom. The third-order valence-corrected chi connectivity index (χ3v) is 8.54. The van der Waals surface area contributed by atoms with E-state index in [9.17, 15) is 28.5 Å². The van der Waals surface area contributed by atoms with E-state index in [1.807, 2.05) is 6.07 Å². The fraction of sp³-hybridized carbons (Fsp3) is 0.593. The zero-order chi connectivity index (χ0) is 32.3. The Bertz CT molecular complexity index is 1190. The quantitative estimate of drug-likeness (QED) is 0.138. The van der Waals surface area contributed by atoms with Crippen molar-refractivity contribution < 1.29 is 56.3 Å². The molecule has 2 amide bonds. The summed E-state index contributed by atoms with van der Waals surface area (Å²) >= 11 is 0.851. The Hall–Kier alpha value is -2.97. The molecule has 1 aliphatic heterocycles. The molecule has 1 fully saturated rings. The number of phosphoric ester groups is 1. The molecule has 2 rings (SSSR count). The average Bonchev–Trinajstić information content (AvgIpc) is 2.95. The minimum absolute atomic E-state index is 0.0364. The number of phosphoric acid groups is 1. The van der Waals surface area contributed by atoms with E-state index in [0.29, 0.717) is 0 Å². The number of hydrogen-bond acceptors (Lipinski definition) is 13. The van der Waals surface area contributed by atoms with Crippen molar-refractivity contribution in [1.29, 1.82) is 0 Å². The number of carbonyl (C=O) groups excluding carboxylic acids is 5. The van der Waals surface area contributed by atoms with Crippen LogP contribution in [0.5, 0.6) is 0 Å². The lowest BCUT2D eigenvalue weighted by Gasteiger charge is -2.39. The van der Waals surface area contributed by atoms with Crippen LogP contribution < -0.4 is 10.6 Å². The summed E-state index contributed by atoms with van der Waals surface area (Å²) in [5, 5.41) is 4.63. The summed E-state index contributed by atoms with van der Waals surface area (Å²) in [5.41, 5.74) is -0.880. The summed E-state index contributed by atoms with van der Waals surface area (Å²) in [7, 11) is -3.14. The molecule has 1 unspecified atom stereocenters. The predicted molar refractivity (Wildman–Crippen MR) is 154 cm³/mol. The first-order chi connectivity index (χ1) is 20.1. The smallest absolute Gasteiger partial charge is 0.469 e. The van der Waals surface area contributed by atoms with Crippen LogP contribution in [0.2, 0.25) is 0 Å². The van der Waals surface area contributed by atoms with Gasteiger partial charge >= 0.3 is 25.9 Å². The molecular weight excluding hydrogens is 607 g/mol. The van der Waals surface area contributed by atoms with Crippen LogP contribution in [-0.4, -0.2) is 74.0 Å². The van der Waals surface area contributed by atoms with Crippen molar-refractivity contribution in [3.63, 3.8) is 0 Å². The van der Waals surface area contributed by atoms with Crippen LogP contribution >= 0.6 is 19.6 Å². The van der Waals surface area contributed by atoms with Gasteiger partial charge in [0.2, 0.25) is 12.7 Å². The molecule has 1 aromatic carbocycles. The van der Waals surface area contributed by atoms with Crippen LogP contribution in [0.3, 0.4) is 0 Å². The van der Waals surface area contributed by atoms with Crippen molar-refractivity contribution in [1.82, 2.24) is 10.6 Å². The van der Waals surface area contributed by atoms with Gasteiger partial charge in [0.25, 0.3) is 0 Å². The van der Waals surface area contributed by atoms with Gasteiger partial charge in [-0.05, 0) is 5.56 Å². The van der Waals surface area contributed by atoms with Gasteiger partial charge in [-0.3, -0.25) is 23.4 Å². The molecule has 14 nitrogen and oxygen atoms in total. The number of carbonyl (C=O) groups is 5. The number of ether oxygens (including phenoxy) is 3. The molecule has 16 heteroatoms. The maximum Gasteiger partial charge on any atom is 0.478 e. The highest BCUT2D eigenvalue weighted by Crippen LogP contribution is 2.57. The second-order valence-electron chi connectivity index (χ2n) is 11.1. The Morgan fingerprint density at radius 3 is 2.42 bits per heavy atom. The average molecular weight is 647 g/mol. The fourth-order valence-corrected chi connectivity index (χ4v) is 5.76. The van der Waals surface area contributed by atoms with Crippen molar-refractivity contribution in [3.8, 4) is 0 Å². The zero-order valence-electron chi connectivity index (χ0n) is 25.0. The van der Waals surface area contributed by atoms with E-state index in [2.05, 4.69) is 15.4 Å². The number of methoxy groups -OCH3 is 1. The number of nitrogens with one attached hydrogen (secondary N) is 2. The maximum atomic E-state index is 13.0. The number of esters is 2. The van der Waals surface area contributed by atoms with Crippen molar-refractivity contribution in [2.75, 3.05) is 32.8 Å². The number of amides is 2. The van der Waals surface area contributed by atoms with E-state index in [0.717, 1.165) is 17.3 Å². The Labute approximate surface area is 254 Å². The standard InChI is InChI=1S/C27H39N2O12PS/c1-26(2,3)24(33)43-15-19(23(32)37-14-18-10-8-7-9-11-18)29-25(34)38-17-40-42(35)39-16-27(4,5)21(41-42)22(31)28-13-12-20(30)36-6/h7-11,19,21H,12-17H2,1-6H3,(H,28,31)(H,29,34)/t19-,21-,42?/m0/s1. The van der Waals surface area contributed by atoms with Gasteiger partial charge < -0.3 is 24.8 Å². The minimum Gasteiger partial charge on any atom is -0.469 e. The zero-order valence-corrected chi connectivity index (χ0v) is 26.7. The van der Waals surface area contributed by atoms with Crippen LogP contribution in [0.4, 0.5) is 4.79 Å². The molecular formula is C27H39N2O12PS. The van der Waals surface area contributed by atoms with Crippen LogP contribution in [-0.2, 0) is 58.1 Å². The molecule has 1 aliphatic rings.